The second-order valence-electron chi connectivity index (χ2n) is 33.7. The molecule has 148 heavy (non-hydrogen) atoms. The van der Waals surface area contributed by atoms with Crippen LogP contribution < -0.4 is 14.4 Å². The van der Waals surface area contributed by atoms with Gasteiger partial charge in [0.05, 0.1) is 5.56 Å². The summed E-state index contributed by atoms with van der Waals surface area (Å²) in [6, 6.07) is 186. The second-order valence-corrected chi connectivity index (χ2v) is 33.7. The van der Waals surface area contributed by atoms with Crippen molar-refractivity contribution < 1.29 is 85.0 Å². The van der Waals surface area contributed by atoms with Crippen molar-refractivity contribution in [1.29, 1.82) is 0 Å². The van der Waals surface area contributed by atoms with Gasteiger partial charge in [0.2, 0.25) is 5.69 Å². The number of rotatable bonds is 15. The minimum Gasteiger partial charge on any atom is -0.500 e. The molecule has 0 aliphatic carbocycles. The molecule has 0 amide bonds. The molecule has 2 aliphatic rings. The van der Waals surface area contributed by atoms with Gasteiger partial charge in [-0.15, -0.1) is 263 Å². The van der Waals surface area contributed by atoms with Gasteiger partial charge < -0.3 is 44.7 Å². The molecule has 10 nitrogen and oxygen atoms in total. The molecule has 733 valence electrons. The molecular formula is C134H106Ir4N10-5. The van der Waals surface area contributed by atoms with Gasteiger partial charge in [-0.05, 0) is 178 Å². The maximum absolute atomic E-state index is 4.65. The third kappa shape index (κ3) is 33.4. The Morgan fingerprint density at radius 2 is 0.689 bits per heavy atom. The van der Waals surface area contributed by atoms with Gasteiger partial charge in [0.15, 0.2) is 12.7 Å². The molecule has 0 saturated carbocycles. The van der Waals surface area contributed by atoms with Crippen LogP contribution in [0.2, 0.25) is 0 Å². The maximum atomic E-state index is 4.65. The van der Waals surface area contributed by atoms with Crippen LogP contribution in [0.1, 0.15) is 36.2 Å². The van der Waals surface area contributed by atoms with E-state index in [-0.39, 0.29) is 80.4 Å². The Balaban J connectivity index is 0.000000148. The van der Waals surface area contributed by atoms with Gasteiger partial charge in [0.1, 0.15) is 0 Å². The molecule has 2 aliphatic heterocycles. The van der Waals surface area contributed by atoms with Crippen molar-refractivity contribution >= 4 is 11.4 Å². The topological polar surface area (TPSA) is 101 Å². The summed E-state index contributed by atoms with van der Waals surface area (Å²) >= 11 is 0. The van der Waals surface area contributed by atoms with Crippen LogP contribution in [0.4, 0.5) is 11.4 Å². The summed E-state index contributed by atoms with van der Waals surface area (Å²) < 4.78 is 2.30. The SMILES string of the molecule is CC(C)Cc1cccc(-c2[c-]cccc2)n1.Cc1cc(-c2[c-]cccc2)ncc1-c1ccccc1.Cc1ccccc1-c1ccc(-c2[c-]cccc2)nc1.[Ir+3].[Ir].[Ir].[Ir].[c-]1ccc(-c2ccccc2)cc1-c1ccccn1.[c-]1ccccc1-c1ccccn1.[c-]1ccccc1-c1ccccn1.[c-]1ccccc1-c1ccccn1.[c-]1ccccc1N1C=CN(c2ccccc2)[CH-]1.c1ccc(-c2ccc3c(c2)-c2cccc[n+]2C3)cc1. The zero-order chi connectivity index (χ0) is 98.6. The Labute approximate surface area is 926 Å². The molecule has 0 unspecified atom stereocenters. The van der Waals surface area contributed by atoms with Crippen molar-refractivity contribution in [2.75, 3.05) is 9.80 Å². The standard InChI is InChI=1S/3C18H14N.C17H12N.C15H12N2.C15H16N.3C11H8N.4Ir/c1-2-6-14(7-3-1)15-9-10-16-13-19-11-5-4-8-18(19)17(16)12-15;1-14-12-18(16-10-6-3-7-11-16)19-13-17(14)15-8-4-2-5-9-15;1-14-7-5-6-10-17(14)16-11-12-18(19-13-16)15-8-3-2-4-9-15;1-2-7-14(8-3-1)15-9-6-10-16(13-15)17-11-4-5-12-18-17;1-3-7-14(8-4-1)16-11-12-17(13-16)15-9-5-2-6-10-15;1-12(2)11-14-9-6-10-15(16-14)13-7-4-3-5-8-13;3*1-2-6-10(7-3-1)11-8-4-5-9-12-11;;;;/h1-12H,13H2;2-10,12-13H,1H3;2-8,10-13H,1H3;1-9,11-13H;1-9,11-13H;3-7,9-10,12H,11H2,1-2H3;3*1-6,8-9H;;;;/q+1;3*-1;-2;4*-1;;;;+3. The molecule has 14 aromatic carbocycles. The minimum absolute atomic E-state index is 0. The van der Waals surface area contributed by atoms with Crippen molar-refractivity contribution in [1.82, 2.24) is 34.9 Å². The van der Waals surface area contributed by atoms with Crippen LogP contribution in [0, 0.1) is 75.0 Å². The molecule has 24 rings (SSSR count). The van der Waals surface area contributed by atoms with E-state index < -0.39 is 0 Å². The molecule has 22 aromatic rings. The molecule has 0 spiro atoms. The summed E-state index contributed by atoms with van der Waals surface area (Å²) in [5, 5.41) is 0. The van der Waals surface area contributed by atoms with Crippen molar-refractivity contribution in [3.8, 4) is 135 Å². The molecule has 10 heterocycles. The first-order chi connectivity index (χ1) is 71.1. The molecular weight excluding hydrogens is 2520 g/mol. The molecule has 0 bridgehead atoms. The van der Waals surface area contributed by atoms with E-state index in [1.54, 1.807) is 24.8 Å². The van der Waals surface area contributed by atoms with E-state index in [4.69, 9.17) is 0 Å². The number of para-hydroxylation sites is 2. The number of benzene rings is 14. The predicted octanol–water partition coefficient (Wildman–Crippen LogP) is 31.7. The fourth-order valence-corrected chi connectivity index (χ4v) is 15.8. The van der Waals surface area contributed by atoms with Gasteiger partial charge in [-0.3, -0.25) is 0 Å². The van der Waals surface area contributed by atoms with Gasteiger partial charge in [0, 0.05) is 132 Å². The summed E-state index contributed by atoms with van der Waals surface area (Å²) in [5.74, 6) is 0.641. The summed E-state index contributed by atoms with van der Waals surface area (Å²) in [5.41, 5.74) is 33.7. The Hall–Kier alpha value is -15.8. The summed E-state index contributed by atoms with van der Waals surface area (Å²) in [6.45, 7) is 11.7. The van der Waals surface area contributed by atoms with E-state index in [2.05, 4.69) is 291 Å². The van der Waals surface area contributed by atoms with Crippen LogP contribution in [-0.2, 0) is 93.4 Å². The van der Waals surface area contributed by atoms with Crippen LogP contribution in [0.15, 0.2) is 535 Å². The molecule has 3 radical (unpaired) electrons. The van der Waals surface area contributed by atoms with E-state index in [0.29, 0.717) is 5.92 Å². The number of aryl methyl sites for hydroxylation is 2. The molecule has 0 atom stereocenters. The zero-order valence-electron chi connectivity index (χ0n) is 82.2. The first-order valence-electron chi connectivity index (χ1n) is 48.0. The molecule has 0 saturated heterocycles. The first kappa shape index (κ1) is 111. The Morgan fingerprint density at radius 3 is 1.15 bits per heavy atom. The normalized spacial score (nSPS) is 10.6. The number of aromatic nitrogens is 8. The summed E-state index contributed by atoms with van der Waals surface area (Å²) in [4.78, 5) is 34.9. The fraction of sp³-hybridized carbons (Fsp3) is 0.0522. The zero-order valence-corrected chi connectivity index (χ0v) is 91.8. The van der Waals surface area contributed by atoms with Gasteiger partial charge in [-0.25, -0.2) is 0 Å². The number of fused-ring (bicyclic) bond motifs is 3. The minimum atomic E-state index is 0. The quantitative estimate of drug-likeness (QED) is 0.0734. The van der Waals surface area contributed by atoms with Gasteiger partial charge >= 0.3 is 20.1 Å². The maximum Gasteiger partial charge on any atom is 3.00 e. The first-order valence-corrected chi connectivity index (χ1v) is 48.0. The number of pyridine rings is 8. The van der Waals surface area contributed by atoms with Gasteiger partial charge in [0.25, 0.3) is 0 Å². The molecule has 0 fully saturated rings. The number of anilines is 2. The third-order valence-electron chi connectivity index (χ3n) is 23.0. The smallest absolute Gasteiger partial charge is 0.500 e. The average Bonchev–Trinajstić information content (AvgIpc) is 1.63. The fourth-order valence-electron chi connectivity index (χ4n) is 15.8. The van der Waals surface area contributed by atoms with Crippen LogP contribution in [0.25, 0.3) is 135 Å². The van der Waals surface area contributed by atoms with Crippen LogP contribution >= 0.6 is 0 Å². The van der Waals surface area contributed by atoms with Crippen molar-refractivity contribution in [2.45, 2.75) is 40.7 Å². The van der Waals surface area contributed by atoms with Crippen molar-refractivity contribution in [3.05, 3.63) is 613 Å². The molecule has 0 N–H and O–H groups in total. The van der Waals surface area contributed by atoms with E-state index in [9.17, 15) is 0 Å². The van der Waals surface area contributed by atoms with Crippen LogP contribution in [-0.4, -0.2) is 34.9 Å². The monoisotopic (exact) mass is 2630 g/mol. The number of hydrogen-bond donors (Lipinski definition) is 0. The van der Waals surface area contributed by atoms with Gasteiger partial charge in [-0.2, -0.15) is 34.9 Å². The Kier molecular flexibility index (Phi) is 45.2. The van der Waals surface area contributed by atoms with E-state index in [0.717, 1.165) is 114 Å². The largest absolute Gasteiger partial charge is 3.00 e. The van der Waals surface area contributed by atoms with E-state index in [1.165, 1.54) is 66.9 Å². The summed E-state index contributed by atoms with van der Waals surface area (Å²) in [6.07, 6.45) is 18.3. The predicted molar refractivity (Wildman–Crippen MR) is 591 cm³/mol. The number of hydrogen-bond acceptors (Lipinski definition) is 9. The van der Waals surface area contributed by atoms with E-state index >= 15 is 0 Å². The summed E-state index contributed by atoms with van der Waals surface area (Å²) in [7, 11) is 0. The number of nitrogens with zero attached hydrogens (tertiary/aromatic N) is 10. The molecule has 14 heteroatoms. The second kappa shape index (κ2) is 60.2. The molecule has 8 aromatic heterocycles. The van der Waals surface area contributed by atoms with Crippen molar-refractivity contribution in [2.24, 2.45) is 5.92 Å². The van der Waals surface area contributed by atoms with Crippen LogP contribution in [0.5, 0.6) is 0 Å². The van der Waals surface area contributed by atoms with Crippen LogP contribution in [0.3, 0.4) is 0 Å². The van der Waals surface area contributed by atoms with Crippen molar-refractivity contribution in [3.63, 3.8) is 0 Å². The average molecular weight is 2630 g/mol. The Bertz CT molecular complexity index is 7180. The van der Waals surface area contributed by atoms with Gasteiger partial charge in [-0.1, -0.05) is 238 Å². The third-order valence-corrected chi connectivity index (χ3v) is 23.0. The van der Waals surface area contributed by atoms with E-state index in [1.807, 2.05) is 352 Å². The Morgan fingerprint density at radius 1 is 0.284 bits per heavy atom.